The van der Waals surface area contributed by atoms with E-state index in [2.05, 4.69) is 17.2 Å². The lowest BCUT2D eigenvalue weighted by Gasteiger charge is -2.25. The van der Waals surface area contributed by atoms with Crippen molar-refractivity contribution in [1.82, 2.24) is 0 Å². The largest absolute Gasteiger partial charge is 0.467 e. The van der Waals surface area contributed by atoms with Crippen molar-refractivity contribution in [3.8, 4) is 12.3 Å². The maximum Gasteiger partial charge on any atom is 0.313 e. The molecule has 0 aromatic rings. The van der Waals surface area contributed by atoms with Gasteiger partial charge in [-0.1, -0.05) is 12.5 Å². The Bertz CT molecular complexity index is 370. The van der Waals surface area contributed by atoms with Crippen LogP contribution in [0.5, 0.6) is 0 Å². The zero-order valence-electron chi connectivity index (χ0n) is 9.07. The Labute approximate surface area is 98.1 Å². The van der Waals surface area contributed by atoms with Gasteiger partial charge in [-0.3, -0.25) is 4.79 Å². The topological polar surface area (TPSA) is 35.5 Å². The number of rotatable bonds is 4. The molecule has 17 heavy (non-hydrogen) atoms. The normalized spacial score (nSPS) is 27.6. The van der Waals surface area contributed by atoms with E-state index in [-0.39, 0.29) is 18.8 Å². The Morgan fingerprint density at radius 2 is 2.41 bits per heavy atom. The number of carbonyl (C=O) groups is 1. The lowest BCUT2D eigenvalue weighted by atomic mass is 9.90. The monoisotopic (exact) mass is 242 g/mol. The summed E-state index contributed by atoms with van der Waals surface area (Å²) in [7, 11) is 0. The molecule has 0 saturated carbocycles. The summed E-state index contributed by atoms with van der Waals surface area (Å²) >= 11 is 0. The summed E-state index contributed by atoms with van der Waals surface area (Å²) in [6, 6.07) is 0. The van der Waals surface area contributed by atoms with Gasteiger partial charge in [-0.25, -0.2) is 8.78 Å². The van der Waals surface area contributed by atoms with Gasteiger partial charge in [-0.05, 0) is 6.08 Å². The van der Waals surface area contributed by atoms with Gasteiger partial charge in [-0.2, -0.15) is 0 Å². The van der Waals surface area contributed by atoms with Crippen molar-refractivity contribution in [2.24, 2.45) is 5.92 Å². The van der Waals surface area contributed by atoms with Gasteiger partial charge < -0.3 is 9.47 Å². The number of allylic oxidation sites excluding steroid dienone is 2. The molecule has 5 heteroatoms. The molecule has 0 radical (unpaired) electrons. The summed E-state index contributed by atoms with van der Waals surface area (Å²) in [4.78, 5) is 11.4. The van der Waals surface area contributed by atoms with Crippen LogP contribution in [0.4, 0.5) is 8.78 Å². The van der Waals surface area contributed by atoms with Crippen molar-refractivity contribution in [3.05, 3.63) is 24.7 Å². The smallest absolute Gasteiger partial charge is 0.313 e. The Morgan fingerprint density at radius 1 is 1.71 bits per heavy atom. The number of esters is 1. The number of halogens is 2. The molecule has 1 aliphatic carbocycles. The van der Waals surface area contributed by atoms with Gasteiger partial charge in [0, 0.05) is 6.42 Å². The molecule has 0 aliphatic heterocycles. The van der Waals surface area contributed by atoms with Crippen LogP contribution in [0.15, 0.2) is 24.7 Å². The molecule has 92 valence electrons. The standard InChI is InChI=1S/C12H12F2O3/c1-3-5-17-12(15)8-6-10(14)11(16-4-2)7-9(8)13/h1,4,7-10H,2,5-6H2/t8-,9?,10?/m1/s1. The van der Waals surface area contributed by atoms with Gasteiger partial charge in [0.15, 0.2) is 12.8 Å². The summed E-state index contributed by atoms with van der Waals surface area (Å²) in [6.07, 6.45) is 3.28. The van der Waals surface area contributed by atoms with E-state index in [1.807, 2.05) is 0 Å². The molecule has 0 N–H and O–H groups in total. The zero-order valence-corrected chi connectivity index (χ0v) is 9.07. The minimum atomic E-state index is -1.65. The quantitative estimate of drug-likeness (QED) is 0.429. The molecule has 0 heterocycles. The molecule has 1 aliphatic rings. The Morgan fingerprint density at radius 3 is 3.00 bits per heavy atom. The van der Waals surface area contributed by atoms with Crippen molar-refractivity contribution in [2.75, 3.05) is 6.61 Å². The zero-order chi connectivity index (χ0) is 12.8. The van der Waals surface area contributed by atoms with E-state index in [0.717, 1.165) is 12.3 Å². The highest BCUT2D eigenvalue weighted by atomic mass is 19.1. The fraction of sp³-hybridized carbons (Fsp3) is 0.417. The highest BCUT2D eigenvalue weighted by Gasteiger charge is 2.37. The van der Waals surface area contributed by atoms with Gasteiger partial charge in [-0.15, -0.1) is 6.42 Å². The number of hydrogen-bond donors (Lipinski definition) is 0. The Hall–Kier alpha value is -1.83. The summed E-state index contributed by atoms with van der Waals surface area (Å²) in [6.45, 7) is 2.99. The van der Waals surface area contributed by atoms with Gasteiger partial charge in [0.05, 0.1) is 12.2 Å². The van der Waals surface area contributed by atoms with Crippen LogP contribution in [-0.4, -0.2) is 24.9 Å². The summed E-state index contributed by atoms with van der Waals surface area (Å²) in [5.74, 6) is -0.118. The first kappa shape index (κ1) is 13.2. The SMILES string of the molecule is C#CCOC(=O)[C@@H]1CC(F)C(OC=C)=CC1F. The number of alkyl halides is 2. The van der Waals surface area contributed by atoms with Crippen molar-refractivity contribution >= 4 is 5.97 Å². The molecular formula is C12H12F2O3. The van der Waals surface area contributed by atoms with E-state index < -0.39 is 24.2 Å². The van der Waals surface area contributed by atoms with Gasteiger partial charge >= 0.3 is 5.97 Å². The predicted octanol–water partition coefficient (Wildman–Crippen LogP) is 1.90. The van der Waals surface area contributed by atoms with Crippen LogP contribution in [-0.2, 0) is 14.3 Å². The average Bonchev–Trinajstić information content (AvgIpc) is 2.30. The molecule has 3 atom stereocenters. The molecule has 0 fully saturated rings. The molecule has 0 aromatic heterocycles. The maximum atomic E-state index is 13.6. The lowest BCUT2D eigenvalue weighted by Crippen LogP contribution is -2.33. The highest BCUT2D eigenvalue weighted by molar-refractivity contribution is 5.74. The van der Waals surface area contributed by atoms with E-state index in [4.69, 9.17) is 11.2 Å². The maximum absolute atomic E-state index is 13.6. The van der Waals surface area contributed by atoms with Crippen molar-refractivity contribution in [1.29, 1.82) is 0 Å². The third-order valence-corrected chi connectivity index (χ3v) is 2.30. The molecule has 0 saturated heterocycles. The fourth-order valence-electron chi connectivity index (χ4n) is 1.50. The minimum absolute atomic E-state index is 0.173. The van der Waals surface area contributed by atoms with E-state index in [0.29, 0.717) is 0 Å². The summed E-state index contributed by atoms with van der Waals surface area (Å²) in [5, 5.41) is 0. The Kier molecular flexibility index (Phi) is 4.70. The number of hydrogen-bond acceptors (Lipinski definition) is 3. The average molecular weight is 242 g/mol. The number of ether oxygens (including phenoxy) is 2. The van der Waals surface area contributed by atoms with Crippen LogP contribution in [0.3, 0.4) is 0 Å². The third-order valence-electron chi connectivity index (χ3n) is 2.30. The summed E-state index contributed by atoms with van der Waals surface area (Å²) in [5.41, 5.74) is 0. The first-order chi connectivity index (χ1) is 8.10. The van der Waals surface area contributed by atoms with Crippen LogP contribution in [0.1, 0.15) is 6.42 Å². The van der Waals surface area contributed by atoms with Crippen molar-refractivity contribution in [2.45, 2.75) is 18.8 Å². The van der Waals surface area contributed by atoms with Crippen LogP contribution in [0.2, 0.25) is 0 Å². The molecule has 2 unspecified atom stereocenters. The first-order valence-corrected chi connectivity index (χ1v) is 4.97. The molecule has 0 amide bonds. The number of carbonyl (C=O) groups excluding carboxylic acids is 1. The molecule has 0 bridgehead atoms. The van der Waals surface area contributed by atoms with Gasteiger partial charge in [0.1, 0.15) is 11.9 Å². The van der Waals surface area contributed by atoms with Crippen LogP contribution >= 0.6 is 0 Å². The predicted molar refractivity (Wildman–Crippen MR) is 57.1 cm³/mol. The molecule has 0 aromatic carbocycles. The molecule has 1 rings (SSSR count). The van der Waals surface area contributed by atoms with Crippen LogP contribution < -0.4 is 0 Å². The lowest BCUT2D eigenvalue weighted by molar-refractivity contribution is -0.150. The van der Waals surface area contributed by atoms with Crippen molar-refractivity contribution < 1.29 is 23.0 Å². The minimum Gasteiger partial charge on any atom is -0.467 e. The van der Waals surface area contributed by atoms with Gasteiger partial charge in [0.25, 0.3) is 0 Å². The highest BCUT2D eigenvalue weighted by Crippen LogP contribution is 2.30. The van der Waals surface area contributed by atoms with Gasteiger partial charge in [0.2, 0.25) is 0 Å². The second-order valence-electron chi connectivity index (χ2n) is 3.42. The summed E-state index contributed by atoms with van der Waals surface area (Å²) < 4.78 is 36.3. The molecule has 0 spiro atoms. The van der Waals surface area contributed by atoms with Crippen LogP contribution in [0.25, 0.3) is 0 Å². The number of terminal acetylenes is 1. The fourth-order valence-corrected chi connectivity index (χ4v) is 1.50. The van der Waals surface area contributed by atoms with Crippen molar-refractivity contribution in [3.63, 3.8) is 0 Å². The molecular weight excluding hydrogens is 230 g/mol. The molecule has 3 nitrogen and oxygen atoms in total. The van der Waals surface area contributed by atoms with E-state index in [9.17, 15) is 13.6 Å². The Balaban J connectivity index is 2.70. The second-order valence-corrected chi connectivity index (χ2v) is 3.42. The third kappa shape index (κ3) is 3.31. The van der Waals surface area contributed by atoms with E-state index >= 15 is 0 Å². The van der Waals surface area contributed by atoms with E-state index in [1.165, 1.54) is 0 Å². The van der Waals surface area contributed by atoms with E-state index in [1.54, 1.807) is 0 Å². The first-order valence-electron chi connectivity index (χ1n) is 4.97. The van der Waals surface area contributed by atoms with Crippen LogP contribution in [0, 0.1) is 18.3 Å². The second kappa shape index (κ2) is 6.04.